The van der Waals surface area contributed by atoms with Crippen LogP contribution in [0.5, 0.6) is 5.75 Å². The fraction of sp³-hybridized carbons (Fsp3) is 0.214. The van der Waals surface area contributed by atoms with Crippen molar-refractivity contribution in [1.29, 1.82) is 0 Å². The van der Waals surface area contributed by atoms with Crippen molar-refractivity contribution in [3.8, 4) is 5.75 Å². The lowest BCUT2D eigenvalue weighted by Gasteiger charge is -2.08. The number of hydrogen-bond acceptors (Lipinski definition) is 6. The molecule has 21 heavy (non-hydrogen) atoms. The Balaban J connectivity index is 1.49. The molecule has 2 heterocycles. The number of ether oxygens (including phenoxy) is 1. The highest BCUT2D eigenvalue weighted by Gasteiger charge is 2.06. The van der Waals surface area contributed by atoms with Crippen LogP contribution in [0.25, 0.3) is 11.2 Å². The van der Waals surface area contributed by atoms with Crippen molar-refractivity contribution in [2.24, 2.45) is 0 Å². The SMILES string of the molecule is Nc1ccccc1OCCCSc1ncnc2nc[nH]c12. The zero-order valence-electron chi connectivity index (χ0n) is 11.3. The minimum absolute atomic E-state index is 0.623. The van der Waals surface area contributed by atoms with Crippen LogP contribution in [0.1, 0.15) is 6.42 Å². The first-order chi connectivity index (χ1) is 10.3. The predicted molar refractivity (Wildman–Crippen MR) is 83.4 cm³/mol. The monoisotopic (exact) mass is 301 g/mol. The zero-order chi connectivity index (χ0) is 14.5. The maximum atomic E-state index is 5.82. The van der Waals surface area contributed by atoms with Gasteiger partial charge in [-0.1, -0.05) is 12.1 Å². The van der Waals surface area contributed by atoms with E-state index >= 15 is 0 Å². The van der Waals surface area contributed by atoms with E-state index in [-0.39, 0.29) is 0 Å². The molecule has 0 aliphatic carbocycles. The third-order valence-electron chi connectivity index (χ3n) is 2.89. The molecule has 0 saturated carbocycles. The van der Waals surface area contributed by atoms with Gasteiger partial charge in [-0.15, -0.1) is 11.8 Å². The van der Waals surface area contributed by atoms with Crippen molar-refractivity contribution in [3.63, 3.8) is 0 Å². The number of nitrogens with two attached hydrogens (primary N) is 1. The van der Waals surface area contributed by atoms with Crippen molar-refractivity contribution in [2.45, 2.75) is 11.4 Å². The average molecular weight is 301 g/mol. The van der Waals surface area contributed by atoms with Gasteiger partial charge < -0.3 is 15.5 Å². The van der Waals surface area contributed by atoms with Crippen LogP contribution >= 0.6 is 11.8 Å². The Bertz CT molecular complexity index is 730. The summed E-state index contributed by atoms with van der Waals surface area (Å²) in [5.74, 6) is 1.64. The summed E-state index contributed by atoms with van der Waals surface area (Å²) < 4.78 is 5.66. The largest absolute Gasteiger partial charge is 0.491 e. The van der Waals surface area contributed by atoms with Gasteiger partial charge >= 0.3 is 0 Å². The smallest absolute Gasteiger partial charge is 0.181 e. The molecule has 0 amide bonds. The molecule has 6 nitrogen and oxygen atoms in total. The number of H-pyrrole nitrogens is 1. The van der Waals surface area contributed by atoms with Crippen LogP contribution in [-0.2, 0) is 0 Å². The molecule has 0 spiro atoms. The summed E-state index contributed by atoms with van der Waals surface area (Å²) in [5, 5.41) is 0.914. The second-order valence-corrected chi connectivity index (χ2v) is 5.45. The molecule has 0 aliphatic heterocycles. The molecule has 0 aliphatic rings. The summed E-state index contributed by atoms with van der Waals surface area (Å²) in [7, 11) is 0. The number of nitrogens with zero attached hydrogens (tertiary/aromatic N) is 3. The molecule has 3 aromatic rings. The maximum Gasteiger partial charge on any atom is 0.181 e. The Hall–Kier alpha value is -2.28. The van der Waals surface area contributed by atoms with E-state index in [0.29, 0.717) is 17.9 Å². The van der Waals surface area contributed by atoms with Crippen LogP contribution < -0.4 is 10.5 Å². The minimum atomic E-state index is 0.623. The molecule has 0 unspecified atom stereocenters. The van der Waals surface area contributed by atoms with E-state index in [2.05, 4.69) is 19.9 Å². The highest BCUT2D eigenvalue weighted by molar-refractivity contribution is 7.99. The average Bonchev–Trinajstić information content (AvgIpc) is 2.98. The number of imidazole rings is 1. The van der Waals surface area contributed by atoms with Gasteiger partial charge in [0, 0.05) is 5.75 Å². The molecule has 0 saturated heterocycles. The summed E-state index contributed by atoms with van der Waals surface area (Å²) in [6.07, 6.45) is 4.07. The topological polar surface area (TPSA) is 89.7 Å². The molecule has 2 aromatic heterocycles. The van der Waals surface area contributed by atoms with Gasteiger partial charge in [0.05, 0.1) is 18.6 Å². The molecular formula is C14H15N5OS. The van der Waals surface area contributed by atoms with Crippen molar-refractivity contribution in [3.05, 3.63) is 36.9 Å². The van der Waals surface area contributed by atoms with Gasteiger partial charge in [0.15, 0.2) is 5.65 Å². The Morgan fingerprint density at radius 2 is 2.10 bits per heavy atom. The van der Waals surface area contributed by atoms with Gasteiger partial charge in [0.2, 0.25) is 0 Å². The van der Waals surface area contributed by atoms with E-state index in [9.17, 15) is 0 Å². The first kappa shape index (κ1) is 13.7. The number of aromatic amines is 1. The molecule has 0 bridgehead atoms. The van der Waals surface area contributed by atoms with Gasteiger partial charge in [-0.05, 0) is 18.6 Å². The van der Waals surface area contributed by atoms with Crippen LogP contribution in [0.4, 0.5) is 5.69 Å². The summed E-state index contributed by atoms with van der Waals surface area (Å²) in [6.45, 7) is 0.623. The number of nitrogen functional groups attached to an aromatic ring is 1. The zero-order valence-corrected chi connectivity index (χ0v) is 12.1. The summed E-state index contributed by atoms with van der Waals surface area (Å²) in [4.78, 5) is 15.5. The van der Waals surface area contributed by atoms with Crippen LogP contribution in [0.2, 0.25) is 0 Å². The normalized spacial score (nSPS) is 10.9. The molecular weight excluding hydrogens is 286 g/mol. The van der Waals surface area contributed by atoms with Crippen molar-refractivity contribution in [2.75, 3.05) is 18.1 Å². The molecule has 108 valence electrons. The first-order valence-electron chi connectivity index (χ1n) is 6.59. The Morgan fingerprint density at radius 3 is 3.00 bits per heavy atom. The van der Waals surface area contributed by atoms with Crippen molar-refractivity contribution >= 4 is 28.6 Å². The Morgan fingerprint density at radius 1 is 1.19 bits per heavy atom. The highest BCUT2D eigenvalue weighted by atomic mass is 32.2. The van der Waals surface area contributed by atoms with E-state index in [0.717, 1.165) is 28.5 Å². The molecule has 3 rings (SSSR count). The quantitative estimate of drug-likeness (QED) is 0.315. The molecule has 7 heteroatoms. The highest BCUT2D eigenvalue weighted by Crippen LogP contribution is 2.23. The van der Waals surface area contributed by atoms with E-state index < -0.39 is 0 Å². The van der Waals surface area contributed by atoms with Crippen LogP contribution in [0.3, 0.4) is 0 Å². The number of benzene rings is 1. The fourth-order valence-electron chi connectivity index (χ4n) is 1.87. The van der Waals surface area contributed by atoms with Crippen LogP contribution in [0.15, 0.2) is 41.9 Å². The number of rotatable bonds is 6. The molecule has 3 N–H and O–H groups in total. The number of hydrogen-bond donors (Lipinski definition) is 2. The van der Waals surface area contributed by atoms with E-state index in [1.807, 2.05) is 24.3 Å². The van der Waals surface area contributed by atoms with Gasteiger partial charge in [0.1, 0.15) is 22.6 Å². The van der Waals surface area contributed by atoms with E-state index in [1.54, 1.807) is 18.1 Å². The van der Waals surface area contributed by atoms with Crippen molar-refractivity contribution < 1.29 is 4.74 Å². The summed E-state index contributed by atoms with van der Waals surface area (Å²) >= 11 is 1.66. The van der Waals surface area contributed by atoms with E-state index in [1.165, 1.54) is 6.33 Å². The van der Waals surface area contributed by atoms with Gasteiger partial charge in [-0.25, -0.2) is 15.0 Å². The first-order valence-corrected chi connectivity index (χ1v) is 7.57. The lowest BCUT2D eigenvalue weighted by molar-refractivity contribution is 0.320. The van der Waals surface area contributed by atoms with Gasteiger partial charge in [-0.3, -0.25) is 0 Å². The minimum Gasteiger partial charge on any atom is -0.491 e. The van der Waals surface area contributed by atoms with Gasteiger partial charge in [0.25, 0.3) is 0 Å². The lowest BCUT2D eigenvalue weighted by Crippen LogP contribution is -2.01. The standard InChI is InChI=1S/C14H15N5OS/c15-10-4-1-2-5-11(10)20-6-3-7-21-14-12-13(17-8-16-12)18-9-19-14/h1-2,4-5,8-9H,3,6-7,15H2,(H,16,17,18,19). The number of thioether (sulfide) groups is 1. The van der Waals surface area contributed by atoms with Crippen LogP contribution in [-0.4, -0.2) is 32.3 Å². The van der Waals surface area contributed by atoms with E-state index in [4.69, 9.17) is 10.5 Å². The third-order valence-corrected chi connectivity index (χ3v) is 3.97. The molecule has 0 radical (unpaired) electrons. The van der Waals surface area contributed by atoms with Crippen molar-refractivity contribution in [1.82, 2.24) is 19.9 Å². The maximum absolute atomic E-state index is 5.82. The summed E-state index contributed by atoms with van der Waals surface area (Å²) in [6, 6.07) is 7.51. The number of para-hydroxylation sites is 2. The number of anilines is 1. The number of nitrogens with one attached hydrogen (secondary N) is 1. The second kappa shape index (κ2) is 6.45. The summed E-state index contributed by atoms with van der Waals surface area (Å²) in [5.41, 5.74) is 8.07. The molecule has 0 atom stereocenters. The number of aromatic nitrogens is 4. The fourth-order valence-corrected chi connectivity index (χ4v) is 2.75. The second-order valence-electron chi connectivity index (χ2n) is 4.37. The Labute approximate surface area is 126 Å². The molecule has 0 fully saturated rings. The third kappa shape index (κ3) is 3.25. The predicted octanol–water partition coefficient (Wildman–Crippen LogP) is 2.50. The lowest BCUT2D eigenvalue weighted by atomic mass is 10.3. The molecule has 1 aromatic carbocycles. The van der Waals surface area contributed by atoms with Gasteiger partial charge in [-0.2, -0.15) is 0 Å². The van der Waals surface area contributed by atoms with Crippen LogP contribution in [0, 0.1) is 0 Å². The number of fused-ring (bicyclic) bond motifs is 1. The Kier molecular flexibility index (Phi) is 4.20.